The summed E-state index contributed by atoms with van der Waals surface area (Å²) in [4.78, 5) is 11.9. The van der Waals surface area contributed by atoms with Gasteiger partial charge < -0.3 is 10.1 Å². The van der Waals surface area contributed by atoms with E-state index in [2.05, 4.69) is 5.32 Å². The van der Waals surface area contributed by atoms with Crippen molar-refractivity contribution in [2.45, 2.75) is 18.4 Å². The summed E-state index contributed by atoms with van der Waals surface area (Å²) in [6.07, 6.45) is 1.93. The molecule has 0 bridgehead atoms. The molecule has 2 rings (SSSR count). The third-order valence-electron chi connectivity index (χ3n) is 2.82. The lowest BCUT2D eigenvalue weighted by Gasteiger charge is -2.14. The second-order valence-corrected chi connectivity index (χ2v) is 4.37. The fraction of sp³-hybridized carbons (Fsp3) is 0.417. The summed E-state index contributed by atoms with van der Waals surface area (Å²) >= 11 is 5.81. The normalized spacial score (nSPS) is 16.6. The molecule has 1 aromatic rings. The van der Waals surface area contributed by atoms with Crippen LogP contribution in [0.3, 0.4) is 0 Å². The number of ether oxygens (including phenoxy) is 1. The van der Waals surface area contributed by atoms with E-state index in [9.17, 15) is 4.79 Å². The quantitative estimate of drug-likeness (QED) is 0.818. The first-order valence-corrected chi connectivity index (χ1v) is 5.75. The van der Waals surface area contributed by atoms with Crippen molar-refractivity contribution >= 4 is 17.5 Å². The van der Waals surface area contributed by atoms with Crippen molar-refractivity contribution < 1.29 is 9.53 Å². The molecule has 86 valence electrons. The molecule has 16 heavy (non-hydrogen) atoms. The molecular weight excluding hydrogens is 226 g/mol. The van der Waals surface area contributed by atoms with Crippen LogP contribution in [0.25, 0.3) is 0 Å². The summed E-state index contributed by atoms with van der Waals surface area (Å²) in [5.41, 5.74) is 0.442. The van der Waals surface area contributed by atoms with Gasteiger partial charge in [-0.1, -0.05) is 6.07 Å². The van der Waals surface area contributed by atoms with Gasteiger partial charge in [0.2, 0.25) is 0 Å². The molecule has 0 radical (unpaired) electrons. The van der Waals surface area contributed by atoms with E-state index in [-0.39, 0.29) is 11.4 Å². The van der Waals surface area contributed by atoms with Crippen molar-refractivity contribution in [2.24, 2.45) is 0 Å². The molecule has 1 aromatic carbocycles. The number of carbonyl (C=O) groups is 1. The molecule has 0 heterocycles. The Balaban J connectivity index is 2.08. The average molecular weight is 240 g/mol. The molecule has 4 heteroatoms. The van der Waals surface area contributed by atoms with Gasteiger partial charge in [0, 0.05) is 11.4 Å². The summed E-state index contributed by atoms with van der Waals surface area (Å²) in [5.74, 6) is 1.07. The van der Waals surface area contributed by atoms with Gasteiger partial charge in [-0.05, 0) is 31.0 Å². The lowest BCUT2D eigenvalue weighted by molar-refractivity contribution is 0.0935. The van der Waals surface area contributed by atoms with Gasteiger partial charge >= 0.3 is 0 Å². The molecule has 0 aromatic heterocycles. The molecule has 3 nitrogen and oxygen atoms in total. The minimum Gasteiger partial charge on any atom is -0.497 e. The van der Waals surface area contributed by atoms with Crippen LogP contribution in [-0.2, 0) is 0 Å². The zero-order valence-corrected chi connectivity index (χ0v) is 9.88. The first kappa shape index (κ1) is 11.3. The van der Waals surface area contributed by atoms with Gasteiger partial charge in [0.1, 0.15) is 5.75 Å². The molecule has 1 amide bonds. The number of alkyl halides is 1. The summed E-state index contributed by atoms with van der Waals surface area (Å²) in [7, 11) is 1.58. The smallest absolute Gasteiger partial charge is 0.251 e. The van der Waals surface area contributed by atoms with Gasteiger partial charge in [-0.15, -0.1) is 11.6 Å². The maximum Gasteiger partial charge on any atom is 0.251 e. The Kier molecular flexibility index (Phi) is 3.06. The standard InChI is InChI=1S/C12H14ClNO2/c1-16-10-4-2-3-9(7-10)11(15)14-12(8-13)5-6-12/h2-4,7H,5-6,8H2,1H3,(H,14,15). The third kappa shape index (κ3) is 2.30. The Hall–Kier alpha value is -1.22. The second kappa shape index (κ2) is 4.34. The molecule has 0 unspecified atom stereocenters. The van der Waals surface area contributed by atoms with Crippen LogP contribution >= 0.6 is 11.6 Å². The molecule has 0 saturated heterocycles. The van der Waals surface area contributed by atoms with Gasteiger partial charge in [-0.2, -0.15) is 0 Å². The van der Waals surface area contributed by atoms with E-state index >= 15 is 0 Å². The Labute approximate surface area is 99.7 Å². The van der Waals surface area contributed by atoms with Gasteiger partial charge in [-0.25, -0.2) is 0 Å². The Morgan fingerprint density at radius 2 is 2.31 bits per heavy atom. The summed E-state index contributed by atoms with van der Waals surface area (Å²) in [6.45, 7) is 0. The molecule has 0 atom stereocenters. The fourth-order valence-electron chi connectivity index (χ4n) is 1.52. The van der Waals surface area contributed by atoms with Crippen molar-refractivity contribution in [2.75, 3.05) is 13.0 Å². The topological polar surface area (TPSA) is 38.3 Å². The van der Waals surface area contributed by atoms with Gasteiger partial charge in [-0.3, -0.25) is 4.79 Å². The van der Waals surface area contributed by atoms with Crippen molar-refractivity contribution in [3.8, 4) is 5.75 Å². The van der Waals surface area contributed by atoms with Gasteiger partial charge in [0.25, 0.3) is 5.91 Å². The predicted molar refractivity (Wildman–Crippen MR) is 63.1 cm³/mol. The van der Waals surface area contributed by atoms with E-state index in [1.54, 1.807) is 25.3 Å². The number of carbonyl (C=O) groups excluding carboxylic acids is 1. The molecule has 1 fully saturated rings. The number of benzene rings is 1. The molecule has 0 spiro atoms. The van der Waals surface area contributed by atoms with E-state index in [0.29, 0.717) is 17.2 Å². The zero-order valence-electron chi connectivity index (χ0n) is 9.13. The van der Waals surface area contributed by atoms with Crippen molar-refractivity contribution in [1.29, 1.82) is 0 Å². The van der Waals surface area contributed by atoms with Crippen LogP contribution in [0.4, 0.5) is 0 Å². The summed E-state index contributed by atoms with van der Waals surface area (Å²) < 4.78 is 5.07. The van der Waals surface area contributed by atoms with Crippen molar-refractivity contribution in [3.63, 3.8) is 0 Å². The van der Waals surface area contributed by atoms with Crippen LogP contribution in [0.5, 0.6) is 5.75 Å². The third-order valence-corrected chi connectivity index (χ3v) is 3.33. The van der Waals surface area contributed by atoms with Crippen molar-refractivity contribution in [1.82, 2.24) is 5.32 Å². The zero-order chi connectivity index (χ0) is 11.6. The van der Waals surface area contributed by atoms with Crippen LogP contribution < -0.4 is 10.1 Å². The van der Waals surface area contributed by atoms with Gasteiger partial charge in [0.05, 0.1) is 12.6 Å². The Morgan fingerprint density at radius 1 is 1.56 bits per heavy atom. The van der Waals surface area contributed by atoms with E-state index in [0.717, 1.165) is 12.8 Å². The largest absolute Gasteiger partial charge is 0.497 e. The molecule has 1 aliphatic rings. The van der Waals surface area contributed by atoms with E-state index in [1.165, 1.54) is 0 Å². The number of amides is 1. The SMILES string of the molecule is COc1cccc(C(=O)NC2(CCl)CC2)c1. The number of methoxy groups -OCH3 is 1. The molecule has 1 N–H and O–H groups in total. The highest BCUT2D eigenvalue weighted by Crippen LogP contribution is 2.36. The highest BCUT2D eigenvalue weighted by Gasteiger charge is 2.43. The highest BCUT2D eigenvalue weighted by atomic mass is 35.5. The van der Waals surface area contributed by atoms with Crippen LogP contribution in [0.15, 0.2) is 24.3 Å². The van der Waals surface area contributed by atoms with Crippen LogP contribution in [0, 0.1) is 0 Å². The van der Waals surface area contributed by atoms with Crippen LogP contribution in [0.1, 0.15) is 23.2 Å². The van der Waals surface area contributed by atoms with Crippen molar-refractivity contribution in [3.05, 3.63) is 29.8 Å². The summed E-state index contributed by atoms with van der Waals surface area (Å²) in [5, 5.41) is 2.96. The number of nitrogens with one attached hydrogen (secondary N) is 1. The first-order valence-electron chi connectivity index (χ1n) is 5.22. The van der Waals surface area contributed by atoms with E-state index in [4.69, 9.17) is 16.3 Å². The lowest BCUT2D eigenvalue weighted by atomic mass is 10.2. The predicted octanol–water partition coefficient (Wildman–Crippen LogP) is 2.20. The molecule has 0 aliphatic heterocycles. The summed E-state index contributed by atoms with van der Waals surface area (Å²) in [6, 6.07) is 7.10. The minimum atomic E-state index is -0.165. The number of hydrogen-bond acceptors (Lipinski definition) is 2. The molecule has 1 aliphatic carbocycles. The van der Waals surface area contributed by atoms with Crippen LogP contribution in [-0.4, -0.2) is 24.4 Å². The van der Waals surface area contributed by atoms with Gasteiger partial charge in [0.15, 0.2) is 0 Å². The average Bonchev–Trinajstić information content (AvgIpc) is 3.09. The first-order chi connectivity index (χ1) is 7.69. The Bertz CT molecular complexity index is 402. The molecule has 1 saturated carbocycles. The Morgan fingerprint density at radius 3 is 2.88 bits per heavy atom. The second-order valence-electron chi connectivity index (χ2n) is 4.10. The number of rotatable bonds is 4. The maximum atomic E-state index is 11.9. The van der Waals surface area contributed by atoms with Crippen LogP contribution in [0.2, 0.25) is 0 Å². The fourth-order valence-corrected chi connectivity index (χ4v) is 1.85. The van der Waals surface area contributed by atoms with E-state index < -0.39 is 0 Å². The lowest BCUT2D eigenvalue weighted by Crippen LogP contribution is -2.38. The molecular formula is C12H14ClNO2. The number of halogens is 1. The monoisotopic (exact) mass is 239 g/mol. The minimum absolute atomic E-state index is 0.0861. The maximum absolute atomic E-state index is 11.9. The number of hydrogen-bond donors (Lipinski definition) is 1. The van der Waals surface area contributed by atoms with E-state index in [1.807, 2.05) is 6.07 Å². The highest BCUT2D eigenvalue weighted by molar-refractivity contribution is 6.19.